The molecule has 0 aromatic carbocycles. The molecule has 1 aliphatic heterocycles. The fraction of sp³-hybridized carbons (Fsp3) is 0.870. The topological polar surface area (TPSA) is 59.2 Å². The maximum atomic E-state index is 10.9. The van der Waals surface area contributed by atoms with Crippen LogP contribution in [0.4, 0.5) is 0 Å². The number of carbonyl (C=O) groups is 1. The van der Waals surface area contributed by atoms with Crippen molar-refractivity contribution in [2.45, 2.75) is 122 Å². The van der Waals surface area contributed by atoms with Gasteiger partial charge in [-0.05, 0) is 26.2 Å². The van der Waals surface area contributed by atoms with Gasteiger partial charge in [0.25, 0.3) is 0 Å². The molecule has 1 amide bonds. The molecular formula is C23H51N3O2. The fourth-order valence-electron chi connectivity index (χ4n) is 1.93. The molecule has 0 saturated carbocycles. The standard InChI is InChI=1S/C8H14N2O.C7H13NO.C4H10.C2H6.2CH4/c1-5(2)7-9-8(6(3)4)11-10-7;1-6(2)8-5-3-4-7(8)9;1-4(2)3;1-2;;/h5-6H,1-4H3;6H,3-5H2,1-2H3;4H,1-3H3;1-2H3;2*1H4. The van der Waals surface area contributed by atoms with Gasteiger partial charge in [-0.15, -0.1) is 0 Å². The van der Waals surface area contributed by atoms with Crippen molar-refractivity contribution >= 4 is 5.91 Å². The van der Waals surface area contributed by atoms with Gasteiger partial charge < -0.3 is 9.42 Å². The summed E-state index contributed by atoms with van der Waals surface area (Å²) in [5, 5.41) is 3.85. The van der Waals surface area contributed by atoms with Gasteiger partial charge in [0, 0.05) is 30.8 Å². The number of aromatic nitrogens is 2. The third-order valence-corrected chi connectivity index (χ3v) is 3.20. The number of carbonyl (C=O) groups excluding carboxylic acids is 1. The predicted octanol–water partition coefficient (Wildman–Crippen LogP) is 7.29. The maximum absolute atomic E-state index is 10.9. The average molecular weight is 402 g/mol. The Morgan fingerprint density at radius 2 is 1.36 bits per heavy atom. The lowest BCUT2D eigenvalue weighted by Gasteiger charge is -2.19. The number of rotatable bonds is 3. The van der Waals surface area contributed by atoms with E-state index in [0.29, 0.717) is 23.8 Å². The van der Waals surface area contributed by atoms with E-state index in [1.165, 1.54) is 0 Å². The van der Waals surface area contributed by atoms with Crippen molar-refractivity contribution in [1.82, 2.24) is 15.0 Å². The van der Waals surface area contributed by atoms with Crippen molar-refractivity contribution in [1.29, 1.82) is 0 Å². The molecule has 1 fully saturated rings. The molecule has 5 heteroatoms. The van der Waals surface area contributed by atoms with E-state index in [1.54, 1.807) is 0 Å². The molecule has 0 atom stereocenters. The molecule has 28 heavy (non-hydrogen) atoms. The molecule has 1 aromatic heterocycles. The first kappa shape index (κ1) is 34.1. The van der Waals surface area contributed by atoms with E-state index in [-0.39, 0.29) is 14.9 Å². The summed E-state index contributed by atoms with van der Waals surface area (Å²) < 4.78 is 5.03. The minimum atomic E-state index is 0. The highest BCUT2D eigenvalue weighted by Crippen LogP contribution is 2.15. The van der Waals surface area contributed by atoms with Crippen molar-refractivity contribution in [3.05, 3.63) is 11.7 Å². The Balaban J connectivity index is -0.000000154. The summed E-state index contributed by atoms with van der Waals surface area (Å²) >= 11 is 0. The van der Waals surface area contributed by atoms with Gasteiger partial charge in [-0.25, -0.2) is 0 Å². The summed E-state index contributed by atoms with van der Waals surface area (Å²) in [4.78, 5) is 17.1. The normalized spacial score (nSPS) is 12.4. The lowest BCUT2D eigenvalue weighted by atomic mass is 10.2. The first-order chi connectivity index (χ1) is 12.1. The minimum absolute atomic E-state index is 0. The van der Waals surface area contributed by atoms with Crippen molar-refractivity contribution in [3.63, 3.8) is 0 Å². The molecule has 1 saturated heterocycles. The van der Waals surface area contributed by atoms with E-state index in [4.69, 9.17) is 4.52 Å². The zero-order chi connectivity index (χ0) is 20.9. The third kappa shape index (κ3) is 15.6. The molecule has 0 N–H and O–H groups in total. The van der Waals surface area contributed by atoms with Crippen LogP contribution < -0.4 is 0 Å². The van der Waals surface area contributed by atoms with E-state index in [1.807, 2.05) is 32.6 Å². The summed E-state index contributed by atoms with van der Waals surface area (Å²) in [6, 6.07) is 0.403. The SMILES string of the molecule is C.C.CC.CC(C)C.CC(C)N1CCCC1=O.CC(C)c1noc(C(C)C)n1. The largest absolute Gasteiger partial charge is 0.340 e. The Labute approximate surface area is 176 Å². The first-order valence-electron chi connectivity index (χ1n) is 10.2. The van der Waals surface area contributed by atoms with Crippen molar-refractivity contribution in [2.24, 2.45) is 5.92 Å². The van der Waals surface area contributed by atoms with Gasteiger partial charge in [-0.2, -0.15) is 4.98 Å². The van der Waals surface area contributed by atoms with E-state index in [2.05, 4.69) is 58.6 Å². The summed E-state index contributed by atoms with van der Waals surface area (Å²) in [5.41, 5.74) is 0. The fourth-order valence-corrected chi connectivity index (χ4v) is 1.93. The van der Waals surface area contributed by atoms with Gasteiger partial charge in [-0.1, -0.05) is 82.3 Å². The van der Waals surface area contributed by atoms with Crippen LogP contribution in [0.1, 0.15) is 127 Å². The highest BCUT2D eigenvalue weighted by atomic mass is 16.5. The highest BCUT2D eigenvalue weighted by molar-refractivity contribution is 5.78. The van der Waals surface area contributed by atoms with Crippen LogP contribution in [0.15, 0.2) is 4.52 Å². The predicted molar refractivity (Wildman–Crippen MR) is 124 cm³/mol. The zero-order valence-electron chi connectivity index (χ0n) is 19.1. The van der Waals surface area contributed by atoms with Crippen LogP contribution in [0, 0.1) is 5.92 Å². The van der Waals surface area contributed by atoms with Gasteiger partial charge in [0.2, 0.25) is 11.8 Å². The lowest BCUT2D eigenvalue weighted by Crippen LogP contribution is -2.31. The van der Waals surface area contributed by atoms with Crippen molar-refractivity contribution in [3.8, 4) is 0 Å². The molecule has 5 nitrogen and oxygen atoms in total. The van der Waals surface area contributed by atoms with Gasteiger partial charge in [0.15, 0.2) is 5.82 Å². The minimum Gasteiger partial charge on any atom is -0.340 e. The van der Waals surface area contributed by atoms with E-state index in [9.17, 15) is 4.79 Å². The van der Waals surface area contributed by atoms with Crippen LogP contribution in [0.25, 0.3) is 0 Å². The smallest absolute Gasteiger partial charge is 0.229 e. The first-order valence-corrected chi connectivity index (χ1v) is 10.2. The van der Waals surface area contributed by atoms with Crippen LogP contribution in [0.2, 0.25) is 0 Å². The molecule has 0 aliphatic carbocycles. The number of nitrogens with zero attached hydrogens (tertiary/aromatic N) is 3. The number of amides is 1. The summed E-state index contributed by atoms with van der Waals surface area (Å²) in [5.74, 6) is 3.37. The molecule has 2 rings (SSSR count). The van der Waals surface area contributed by atoms with Gasteiger partial charge in [0.1, 0.15) is 0 Å². The van der Waals surface area contributed by atoms with E-state index < -0.39 is 0 Å². The quantitative estimate of drug-likeness (QED) is 0.533. The molecule has 0 bridgehead atoms. The second-order valence-electron chi connectivity index (χ2n) is 7.82. The average Bonchev–Trinajstić information content (AvgIpc) is 3.18. The summed E-state index contributed by atoms with van der Waals surface area (Å²) in [7, 11) is 0. The third-order valence-electron chi connectivity index (χ3n) is 3.20. The monoisotopic (exact) mass is 401 g/mol. The summed E-state index contributed by atoms with van der Waals surface area (Å²) in [6.45, 7) is 23.8. The van der Waals surface area contributed by atoms with Gasteiger partial charge in [-0.3, -0.25) is 4.79 Å². The Kier molecular flexibility index (Phi) is 23.1. The number of likely N-dealkylation sites (tertiary alicyclic amines) is 1. The molecular weight excluding hydrogens is 350 g/mol. The highest BCUT2D eigenvalue weighted by Gasteiger charge is 2.21. The van der Waals surface area contributed by atoms with Crippen molar-refractivity contribution < 1.29 is 9.32 Å². The summed E-state index contributed by atoms with van der Waals surface area (Å²) in [6.07, 6.45) is 1.81. The van der Waals surface area contributed by atoms with Gasteiger partial charge >= 0.3 is 0 Å². The molecule has 2 heterocycles. The van der Waals surface area contributed by atoms with Crippen LogP contribution in [-0.2, 0) is 4.79 Å². The molecule has 0 spiro atoms. The van der Waals surface area contributed by atoms with E-state index >= 15 is 0 Å². The zero-order valence-corrected chi connectivity index (χ0v) is 19.1. The molecule has 1 aromatic rings. The number of hydrogen-bond donors (Lipinski definition) is 0. The Morgan fingerprint density at radius 3 is 1.54 bits per heavy atom. The second-order valence-corrected chi connectivity index (χ2v) is 7.82. The maximum Gasteiger partial charge on any atom is 0.229 e. The molecule has 0 radical (unpaired) electrons. The lowest BCUT2D eigenvalue weighted by molar-refractivity contribution is -0.129. The van der Waals surface area contributed by atoms with Crippen LogP contribution >= 0.6 is 0 Å². The van der Waals surface area contributed by atoms with Crippen LogP contribution in [-0.4, -0.2) is 33.5 Å². The van der Waals surface area contributed by atoms with Crippen LogP contribution in [0.3, 0.4) is 0 Å². The molecule has 0 unspecified atom stereocenters. The Morgan fingerprint density at radius 1 is 0.893 bits per heavy atom. The van der Waals surface area contributed by atoms with Crippen molar-refractivity contribution in [2.75, 3.05) is 6.54 Å². The molecule has 170 valence electrons. The van der Waals surface area contributed by atoms with E-state index in [0.717, 1.165) is 37.0 Å². The Bertz CT molecular complexity index is 441. The number of hydrogen-bond acceptors (Lipinski definition) is 4. The molecule has 1 aliphatic rings. The second kappa shape index (κ2) is 18.9. The van der Waals surface area contributed by atoms with Gasteiger partial charge in [0.05, 0.1) is 0 Å². The van der Waals surface area contributed by atoms with Crippen LogP contribution in [0.5, 0.6) is 0 Å². The Hall–Kier alpha value is -1.39.